The van der Waals surface area contributed by atoms with E-state index in [1.54, 1.807) is 38.1 Å². The molecule has 2 N–H and O–H groups in total. The van der Waals surface area contributed by atoms with Gasteiger partial charge in [0.15, 0.2) is 0 Å². The standard InChI is InChI=1S/C16H15ClN2O2S/c1-10-8-16(11(2)7-14(10)17)22(20,21)19-13-3-4-15-12(9-13)5-6-18-15/h3-9,18-19H,1-2H3. The lowest BCUT2D eigenvalue weighted by atomic mass is 10.2. The summed E-state index contributed by atoms with van der Waals surface area (Å²) in [5.41, 5.74) is 2.83. The van der Waals surface area contributed by atoms with Gasteiger partial charge < -0.3 is 4.98 Å². The quantitative estimate of drug-likeness (QED) is 0.752. The highest BCUT2D eigenvalue weighted by Crippen LogP contribution is 2.26. The number of halogens is 1. The Bertz CT molecular complexity index is 961. The number of aromatic amines is 1. The van der Waals surface area contributed by atoms with Crippen LogP contribution in [0.3, 0.4) is 0 Å². The molecule has 0 saturated heterocycles. The van der Waals surface area contributed by atoms with Gasteiger partial charge in [-0.05, 0) is 61.4 Å². The largest absolute Gasteiger partial charge is 0.361 e. The number of nitrogens with one attached hydrogen (secondary N) is 2. The summed E-state index contributed by atoms with van der Waals surface area (Å²) < 4.78 is 27.8. The Morgan fingerprint density at radius 2 is 1.82 bits per heavy atom. The van der Waals surface area contributed by atoms with Gasteiger partial charge in [0.1, 0.15) is 0 Å². The topological polar surface area (TPSA) is 62.0 Å². The van der Waals surface area contributed by atoms with Crippen molar-refractivity contribution in [2.45, 2.75) is 18.7 Å². The van der Waals surface area contributed by atoms with Crippen LogP contribution in [0.15, 0.2) is 47.5 Å². The number of fused-ring (bicyclic) bond motifs is 1. The molecule has 1 aromatic heterocycles. The summed E-state index contributed by atoms with van der Waals surface area (Å²) in [5.74, 6) is 0. The van der Waals surface area contributed by atoms with E-state index in [1.165, 1.54) is 0 Å². The molecule has 3 rings (SSSR count). The summed E-state index contributed by atoms with van der Waals surface area (Å²) in [5, 5.41) is 1.51. The van der Waals surface area contributed by atoms with Gasteiger partial charge >= 0.3 is 0 Å². The first-order valence-corrected chi connectivity index (χ1v) is 8.60. The number of rotatable bonds is 3. The predicted molar refractivity (Wildman–Crippen MR) is 90.0 cm³/mol. The molecule has 0 spiro atoms. The molecule has 114 valence electrons. The smallest absolute Gasteiger partial charge is 0.262 e. The van der Waals surface area contributed by atoms with Crippen LogP contribution in [0, 0.1) is 13.8 Å². The van der Waals surface area contributed by atoms with Gasteiger partial charge in [0.2, 0.25) is 0 Å². The molecule has 6 heteroatoms. The van der Waals surface area contributed by atoms with E-state index in [9.17, 15) is 8.42 Å². The van der Waals surface area contributed by atoms with Crippen LogP contribution in [-0.2, 0) is 10.0 Å². The summed E-state index contributed by atoms with van der Waals surface area (Å²) >= 11 is 6.03. The van der Waals surface area contributed by atoms with Gasteiger partial charge in [0.25, 0.3) is 10.0 Å². The molecule has 0 atom stereocenters. The Morgan fingerprint density at radius 1 is 1.05 bits per heavy atom. The van der Waals surface area contributed by atoms with E-state index in [-0.39, 0.29) is 4.90 Å². The average Bonchev–Trinajstić information content (AvgIpc) is 2.89. The number of aryl methyl sites for hydroxylation is 2. The molecular weight excluding hydrogens is 320 g/mol. The Balaban J connectivity index is 2.01. The third-order valence-corrected chi connectivity index (χ3v) is 5.48. The Labute approximate surface area is 134 Å². The zero-order valence-electron chi connectivity index (χ0n) is 12.1. The van der Waals surface area contributed by atoms with Crippen LogP contribution in [0.4, 0.5) is 5.69 Å². The van der Waals surface area contributed by atoms with Crippen molar-refractivity contribution in [2.24, 2.45) is 0 Å². The maximum Gasteiger partial charge on any atom is 0.262 e. The number of sulfonamides is 1. The van der Waals surface area contributed by atoms with Crippen molar-refractivity contribution >= 4 is 38.2 Å². The number of aromatic nitrogens is 1. The van der Waals surface area contributed by atoms with Crippen molar-refractivity contribution in [2.75, 3.05) is 4.72 Å². The van der Waals surface area contributed by atoms with Crippen LogP contribution in [0.2, 0.25) is 5.02 Å². The molecule has 0 aliphatic rings. The lowest BCUT2D eigenvalue weighted by Gasteiger charge is -2.12. The predicted octanol–water partition coefficient (Wildman–Crippen LogP) is 4.24. The monoisotopic (exact) mass is 334 g/mol. The minimum atomic E-state index is -3.65. The minimum Gasteiger partial charge on any atom is -0.361 e. The number of hydrogen-bond donors (Lipinski definition) is 2. The molecule has 2 aromatic carbocycles. The zero-order chi connectivity index (χ0) is 15.9. The lowest BCUT2D eigenvalue weighted by molar-refractivity contribution is 0.600. The van der Waals surface area contributed by atoms with E-state index in [0.717, 1.165) is 16.5 Å². The molecular formula is C16H15ClN2O2S. The van der Waals surface area contributed by atoms with Gasteiger partial charge in [0, 0.05) is 27.8 Å². The highest BCUT2D eigenvalue weighted by molar-refractivity contribution is 7.92. The summed E-state index contributed by atoms with van der Waals surface area (Å²) in [6.45, 7) is 3.52. The van der Waals surface area contributed by atoms with Crippen LogP contribution in [0.1, 0.15) is 11.1 Å². The summed E-state index contributed by atoms with van der Waals surface area (Å²) in [7, 11) is -3.65. The second-order valence-corrected chi connectivity index (χ2v) is 7.31. The summed E-state index contributed by atoms with van der Waals surface area (Å²) in [6.07, 6.45) is 1.82. The second-order valence-electron chi connectivity index (χ2n) is 5.25. The van der Waals surface area contributed by atoms with E-state index in [2.05, 4.69) is 9.71 Å². The first kappa shape index (κ1) is 14.9. The minimum absolute atomic E-state index is 0.239. The molecule has 0 radical (unpaired) electrons. The highest BCUT2D eigenvalue weighted by atomic mass is 35.5. The van der Waals surface area contributed by atoms with Crippen molar-refractivity contribution < 1.29 is 8.42 Å². The molecule has 0 unspecified atom stereocenters. The molecule has 0 aliphatic heterocycles. The van der Waals surface area contributed by atoms with Gasteiger partial charge in [-0.15, -0.1) is 0 Å². The fourth-order valence-electron chi connectivity index (χ4n) is 2.37. The Kier molecular flexibility index (Phi) is 3.62. The van der Waals surface area contributed by atoms with Gasteiger partial charge in [-0.1, -0.05) is 11.6 Å². The SMILES string of the molecule is Cc1cc(S(=O)(=O)Nc2ccc3[nH]ccc3c2)c(C)cc1Cl. The number of benzene rings is 2. The molecule has 0 saturated carbocycles. The third-order valence-electron chi connectivity index (χ3n) is 3.55. The molecule has 0 aliphatic carbocycles. The third kappa shape index (κ3) is 2.69. The molecule has 4 nitrogen and oxygen atoms in total. The van der Waals surface area contributed by atoms with Gasteiger partial charge in [-0.2, -0.15) is 0 Å². The maximum atomic E-state index is 12.6. The fraction of sp³-hybridized carbons (Fsp3) is 0.125. The summed E-state index contributed by atoms with van der Waals surface area (Å²) in [4.78, 5) is 3.31. The summed E-state index contributed by atoms with van der Waals surface area (Å²) in [6, 6.07) is 10.5. The average molecular weight is 335 g/mol. The van der Waals surface area contributed by atoms with E-state index in [4.69, 9.17) is 11.6 Å². The Hall–Kier alpha value is -1.98. The van der Waals surface area contributed by atoms with Crippen molar-refractivity contribution in [3.63, 3.8) is 0 Å². The first-order chi connectivity index (χ1) is 10.4. The Morgan fingerprint density at radius 3 is 2.59 bits per heavy atom. The van der Waals surface area contributed by atoms with E-state index < -0.39 is 10.0 Å². The maximum absolute atomic E-state index is 12.6. The molecule has 0 fully saturated rings. The van der Waals surface area contributed by atoms with E-state index in [0.29, 0.717) is 16.3 Å². The van der Waals surface area contributed by atoms with Crippen molar-refractivity contribution in [3.05, 3.63) is 58.7 Å². The zero-order valence-corrected chi connectivity index (χ0v) is 13.7. The van der Waals surface area contributed by atoms with Gasteiger partial charge in [-0.25, -0.2) is 8.42 Å². The van der Waals surface area contributed by atoms with Gasteiger partial charge in [0.05, 0.1) is 4.90 Å². The molecule has 1 heterocycles. The number of hydrogen-bond acceptors (Lipinski definition) is 2. The van der Waals surface area contributed by atoms with Crippen molar-refractivity contribution in [3.8, 4) is 0 Å². The number of H-pyrrole nitrogens is 1. The van der Waals surface area contributed by atoms with Crippen LogP contribution >= 0.6 is 11.6 Å². The van der Waals surface area contributed by atoms with Crippen LogP contribution < -0.4 is 4.72 Å². The molecule has 0 bridgehead atoms. The first-order valence-electron chi connectivity index (χ1n) is 6.73. The van der Waals surface area contributed by atoms with Crippen LogP contribution in [0.25, 0.3) is 10.9 Å². The van der Waals surface area contributed by atoms with E-state index in [1.807, 2.05) is 18.3 Å². The second kappa shape index (κ2) is 5.34. The van der Waals surface area contributed by atoms with E-state index >= 15 is 0 Å². The van der Waals surface area contributed by atoms with Crippen molar-refractivity contribution in [1.82, 2.24) is 4.98 Å². The van der Waals surface area contributed by atoms with Crippen molar-refractivity contribution in [1.29, 1.82) is 0 Å². The van der Waals surface area contributed by atoms with Crippen LogP contribution in [-0.4, -0.2) is 13.4 Å². The fourth-order valence-corrected chi connectivity index (χ4v) is 3.95. The number of anilines is 1. The lowest BCUT2D eigenvalue weighted by Crippen LogP contribution is -2.14. The van der Waals surface area contributed by atoms with Crippen LogP contribution in [0.5, 0.6) is 0 Å². The normalized spacial score (nSPS) is 11.8. The molecule has 22 heavy (non-hydrogen) atoms. The molecule has 3 aromatic rings. The van der Waals surface area contributed by atoms with Gasteiger partial charge in [-0.3, -0.25) is 4.72 Å². The molecule has 0 amide bonds. The highest BCUT2D eigenvalue weighted by Gasteiger charge is 2.18.